The minimum absolute atomic E-state index is 0.0152. The molecule has 0 saturated carbocycles. The summed E-state index contributed by atoms with van der Waals surface area (Å²) in [4.78, 5) is 1.71. The predicted octanol–water partition coefficient (Wildman–Crippen LogP) is 1.40. The van der Waals surface area contributed by atoms with Crippen molar-refractivity contribution >= 4 is 5.84 Å². The SMILES string of the molecule is NC(=NO)C1CCCN(CCC(F)(F)F)C1. The van der Waals surface area contributed by atoms with Crippen LogP contribution in [0.5, 0.6) is 0 Å². The maximum absolute atomic E-state index is 12.0. The molecule has 1 unspecified atom stereocenters. The van der Waals surface area contributed by atoms with E-state index in [1.54, 1.807) is 4.90 Å². The van der Waals surface area contributed by atoms with E-state index in [4.69, 9.17) is 10.9 Å². The lowest BCUT2D eigenvalue weighted by Crippen LogP contribution is -2.42. The Balaban J connectivity index is 2.39. The summed E-state index contributed by atoms with van der Waals surface area (Å²) in [6.45, 7) is 1.07. The third-order valence-electron chi connectivity index (χ3n) is 2.75. The number of likely N-dealkylation sites (tertiary alicyclic amines) is 1. The van der Waals surface area contributed by atoms with Crippen LogP contribution in [0, 0.1) is 5.92 Å². The molecule has 1 rings (SSSR count). The van der Waals surface area contributed by atoms with Crippen molar-refractivity contribution in [3.05, 3.63) is 0 Å². The molecule has 0 amide bonds. The Morgan fingerprint density at radius 1 is 1.50 bits per heavy atom. The summed E-state index contributed by atoms with van der Waals surface area (Å²) >= 11 is 0. The molecule has 94 valence electrons. The van der Waals surface area contributed by atoms with Crippen LogP contribution in [0.1, 0.15) is 19.3 Å². The van der Waals surface area contributed by atoms with Gasteiger partial charge in [-0.15, -0.1) is 0 Å². The molecule has 1 fully saturated rings. The van der Waals surface area contributed by atoms with Crippen molar-refractivity contribution in [1.29, 1.82) is 0 Å². The Labute approximate surface area is 91.9 Å². The molecule has 1 heterocycles. The second-order valence-electron chi connectivity index (χ2n) is 4.03. The molecule has 0 aromatic carbocycles. The zero-order valence-electron chi connectivity index (χ0n) is 8.87. The number of oxime groups is 1. The topological polar surface area (TPSA) is 61.9 Å². The van der Waals surface area contributed by atoms with Gasteiger partial charge in [0.15, 0.2) is 0 Å². The van der Waals surface area contributed by atoms with Crippen LogP contribution >= 0.6 is 0 Å². The predicted molar refractivity (Wildman–Crippen MR) is 53.2 cm³/mol. The molecular weight excluding hydrogens is 223 g/mol. The van der Waals surface area contributed by atoms with E-state index in [-0.39, 0.29) is 18.3 Å². The highest BCUT2D eigenvalue weighted by Crippen LogP contribution is 2.22. The highest BCUT2D eigenvalue weighted by atomic mass is 19.4. The monoisotopic (exact) mass is 239 g/mol. The smallest absolute Gasteiger partial charge is 0.390 e. The lowest BCUT2D eigenvalue weighted by molar-refractivity contribution is -0.138. The number of rotatable bonds is 3. The maximum Gasteiger partial charge on any atom is 0.390 e. The second-order valence-corrected chi connectivity index (χ2v) is 4.03. The number of alkyl halides is 3. The number of nitrogens with two attached hydrogens (primary N) is 1. The van der Waals surface area contributed by atoms with Gasteiger partial charge in [-0.2, -0.15) is 13.2 Å². The van der Waals surface area contributed by atoms with Gasteiger partial charge >= 0.3 is 6.18 Å². The van der Waals surface area contributed by atoms with Gasteiger partial charge in [-0.05, 0) is 19.4 Å². The van der Waals surface area contributed by atoms with E-state index < -0.39 is 12.6 Å². The Morgan fingerprint density at radius 2 is 2.19 bits per heavy atom. The molecule has 16 heavy (non-hydrogen) atoms. The van der Waals surface area contributed by atoms with E-state index in [1.807, 2.05) is 0 Å². The lowest BCUT2D eigenvalue weighted by atomic mass is 9.97. The lowest BCUT2D eigenvalue weighted by Gasteiger charge is -2.32. The summed E-state index contributed by atoms with van der Waals surface area (Å²) in [7, 11) is 0. The molecule has 0 radical (unpaired) electrons. The van der Waals surface area contributed by atoms with Gasteiger partial charge in [0.05, 0.1) is 6.42 Å². The zero-order chi connectivity index (χ0) is 12.2. The number of piperidine rings is 1. The molecule has 1 aliphatic heterocycles. The van der Waals surface area contributed by atoms with Gasteiger partial charge in [-0.1, -0.05) is 5.16 Å². The first kappa shape index (κ1) is 13.1. The number of hydrogen-bond acceptors (Lipinski definition) is 3. The third-order valence-corrected chi connectivity index (χ3v) is 2.75. The van der Waals surface area contributed by atoms with Crippen LogP contribution in [0.25, 0.3) is 0 Å². The Hall–Kier alpha value is -0.980. The van der Waals surface area contributed by atoms with Gasteiger partial charge in [-0.25, -0.2) is 0 Å². The summed E-state index contributed by atoms with van der Waals surface area (Å²) < 4.78 is 36.1. The van der Waals surface area contributed by atoms with Crippen molar-refractivity contribution in [3.8, 4) is 0 Å². The van der Waals surface area contributed by atoms with Crippen LogP contribution in [0.4, 0.5) is 13.2 Å². The summed E-state index contributed by atoms with van der Waals surface area (Å²) in [5.74, 6) is -0.0244. The molecule has 1 atom stereocenters. The van der Waals surface area contributed by atoms with Crippen molar-refractivity contribution in [2.24, 2.45) is 16.8 Å². The Bertz CT molecular complexity index is 255. The zero-order valence-corrected chi connectivity index (χ0v) is 8.87. The Morgan fingerprint density at radius 3 is 2.75 bits per heavy atom. The second kappa shape index (κ2) is 5.38. The molecule has 1 saturated heterocycles. The molecule has 7 heteroatoms. The molecule has 0 aromatic rings. The van der Waals surface area contributed by atoms with E-state index in [1.165, 1.54) is 0 Å². The van der Waals surface area contributed by atoms with Gasteiger partial charge in [0.25, 0.3) is 0 Å². The molecule has 1 aliphatic rings. The fraction of sp³-hybridized carbons (Fsp3) is 0.889. The van der Waals surface area contributed by atoms with Crippen molar-refractivity contribution in [3.63, 3.8) is 0 Å². The minimum atomic E-state index is -4.12. The van der Waals surface area contributed by atoms with Crippen molar-refractivity contribution in [2.75, 3.05) is 19.6 Å². The largest absolute Gasteiger partial charge is 0.409 e. The van der Waals surface area contributed by atoms with Gasteiger partial charge in [0.1, 0.15) is 5.84 Å². The van der Waals surface area contributed by atoms with Gasteiger partial charge in [0, 0.05) is 19.0 Å². The number of hydrogen-bond donors (Lipinski definition) is 2. The average molecular weight is 239 g/mol. The van der Waals surface area contributed by atoms with E-state index >= 15 is 0 Å². The highest BCUT2D eigenvalue weighted by molar-refractivity contribution is 5.82. The molecule has 0 spiro atoms. The van der Waals surface area contributed by atoms with E-state index in [0.717, 1.165) is 12.8 Å². The number of amidine groups is 1. The number of nitrogens with zero attached hydrogens (tertiary/aromatic N) is 2. The van der Waals surface area contributed by atoms with Gasteiger partial charge < -0.3 is 15.8 Å². The molecule has 0 aromatic heterocycles. The highest BCUT2D eigenvalue weighted by Gasteiger charge is 2.30. The van der Waals surface area contributed by atoms with Crippen LogP contribution in [0.2, 0.25) is 0 Å². The molecule has 0 aliphatic carbocycles. The fourth-order valence-corrected chi connectivity index (χ4v) is 1.87. The first-order chi connectivity index (χ1) is 7.42. The van der Waals surface area contributed by atoms with Crippen molar-refractivity contribution in [1.82, 2.24) is 4.90 Å². The molecule has 0 bridgehead atoms. The molecule has 4 nitrogen and oxygen atoms in total. The molecular formula is C9H16F3N3O. The quantitative estimate of drug-likeness (QED) is 0.338. The summed E-state index contributed by atoms with van der Waals surface area (Å²) in [6.07, 6.45) is -3.39. The van der Waals surface area contributed by atoms with Crippen LogP contribution in [0.15, 0.2) is 5.16 Å². The van der Waals surface area contributed by atoms with Crippen molar-refractivity contribution < 1.29 is 18.4 Å². The van der Waals surface area contributed by atoms with Gasteiger partial charge in [-0.3, -0.25) is 0 Å². The van der Waals surface area contributed by atoms with Crippen molar-refractivity contribution in [2.45, 2.75) is 25.4 Å². The van der Waals surface area contributed by atoms with E-state index in [0.29, 0.717) is 13.1 Å². The maximum atomic E-state index is 12.0. The minimum Gasteiger partial charge on any atom is -0.409 e. The number of halogens is 3. The first-order valence-electron chi connectivity index (χ1n) is 5.19. The average Bonchev–Trinajstić information content (AvgIpc) is 2.25. The fourth-order valence-electron chi connectivity index (χ4n) is 1.87. The summed E-state index contributed by atoms with van der Waals surface area (Å²) in [5.41, 5.74) is 5.44. The van der Waals surface area contributed by atoms with Crippen LogP contribution < -0.4 is 5.73 Å². The van der Waals surface area contributed by atoms with Crippen LogP contribution in [-0.2, 0) is 0 Å². The summed E-state index contributed by atoms with van der Waals surface area (Å²) in [5, 5.41) is 11.4. The normalized spacial score (nSPS) is 24.7. The van der Waals surface area contributed by atoms with Crippen LogP contribution in [0.3, 0.4) is 0 Å². The summed E-state index contributed by atoms with van der Waals surface area (Å²) in [6, 6.07) is 0. The molecule has 3 N–H and O–H groups in total. The Kier molecular flexibility index (Phi) is 4.40. The van der Waals surface area contributed by atoms with Crippen LogP contribution in [-0.4, -0.2) is 41.8 Å². The van der Waals surface area contributed by atoms with E-state index in [9.17, 15) is 13.2 Å². The third kappa shape index (κ3) is 4.26. The van der Waals surface area contributed by atoms with E-state index in [2.05, 4.69) is 5.16 Å². The first-order valence-corrected chi connectivity index (χ1v) is 5.19. The standard InChI is InChI=1S/C9H16F3N3O/c10-9(11,12)3-5-15-4-1-2-7(6-15)8(13)14-16/h7,16H,1-6H2,(H2,13,14). The van der Waals surface area contributed by atoms with Gasteiger partial charge in [0.2, 0.25) is 0 Å².